The molecule has 8 heteroatoms. The van der Waals surface area contributed by atoms with Crippen LogP contribution in [-0.4, -0.2) is 40.1 Å². The van der Waals surface area contributed by atoms with Crippen LogP contribution in [0.15, 0.2) is 73.4 Å². The van der Waals surface area contributed by atoms with Crippen molar-refractivity contribution in [3.05, 3.63) is 73.4 Å². The third-order valence-corrected chi connectivity index (χ3v) is 4.94. The van der Waals surface area contributed by atoms with Crippen molar-refractivity contribution in [3.8, 4) is 34.0 Å². The maximum absolute atomic E-state index is 4.83. The zero-order chi connectivity index (χ0) is 19.9. The van der Waals surface area contributed by atoms with Gasteiger partial charge >= 0.3 is 0 Å². The average molecular weight is 390 g/mol. The molecule has 142 valence electrons. The van der Waals surface area contributed by atoms with Gasteiger partial charge in [0.1, 0.15) is 5.52 Å². The number of H-pyrrole nitrogens is 2. The maximum atomic E-state index is 4.83. The highest BCUT2D eigenvalue weighted by Crippen LogP contribution is 2.30. The summed E-state index contributed by atoms with van der Waals surface area (Å²) in [5, 5.41) is 7.51. The van der Waals surface area contributed by atoms with Crippen molar-refractivity contribution in [2.75, 3.05) is 0 Å². The maximum Gasteiger partial charge on any atom is 0.161 e. The molecule has 0 unspecified atom stereocenters. The van der Waals surface area contributed by atoms with Gasteiger partial charge in [0.2, 0.25) is 0 Å². The van der Waals surface area contributed by atoms with Crippen LogP contribution < -0.4 is 0 Å². The highest BCUT2D eigenvalue weighted by Gasteiger charge is 2.17. The van der Waals surface area contributed by atoms with E-state index in [0.717, 1.165) is 44.6 Å². The SMILES string of the molecule is c1ccc(-c2ccc3[nH]nc(-c4nc5c(-c6ccncc6)cncc5[nH]4)c3n2)nc1. The molecule has 6 aromatic heterocycles. The first kappa shape index (κ1) is 16.5. The predicted octanol–water partition coefficient (Wildman–Crippen LogP) is 4.02. The fraction of sp³-hybridized carbons (Fsp3) is 0. The van der Waals surface area contributed by atoms with Crippen LogP contribution in [0.4, 0.5) is 0 Å². The molecular formula is C22H14N8. The van der Waals surface area contributed by atoms with Crippen molar-refractivity contribution in [1.82, 2.24) is 40.1 Å². The van der Waals surface area contributed by atoms with Gasteiger partial charge in [0, 0.05) is 30.4 Å². The summed E-state index contributed by atoms with van der Waals surface area (Å²) >= 11 is 0. The van der Waals surface area contributed by atoms with Gasteiger partial charge in [0.05, 0.1) is 34.1 Å². The van der Waals surface area contributed by atoms with E-state index in [1.54, 1.807) is 24.8 Å². The highest BCUT2D eigenvalue weighted by molar-refractivity contribution is 5.95. The number of rotatable bonds is 3. The Hall–Kier alpha value is -4.46. The van der Waals surface area contributed by atoms with Gasteiger partial charge in [-0.2, -0.15) is 5.10 Å². The number of aromatic nitrogens is 8. The second-order valence-corrected chi connectivity index (χ2v) is 6.78. The second kappa shape index (κ2) is 6.56. The minimum Gasteiger partial charge on any atom is -0.335 e. The van der Waals surface area contributed by atoms with E-state index in [-0.39, 0.29) is 0 Å². The number of pyridine rings is 4. The lowest BCUT2D eigenvalue weighted by Crippen LogP contribution is -1.88. The molecule has 0 saturated carbocycles. The van der Waals surface area contributed by atoms with Crippen LogP contribution in [0, 0.1) is 0 Å². The molecule has 30 heavy (non-hydrogen) atoms. The van der Waals surface area contributed by atoms with Crippen LogP contribution in [0.2, 0.25) is 0 Å². The number of hydrogen-bond donors (Lipinski definition) is 2. The Morgan fingerprint density at radius 3 is 2.50 bits per heavy atom. The van der Waals surface area contributed by atoms with Crippen LogP contribution in [0.5, 0.6) is 0 Å². The fourth-order valence-corrected chi connectivity index (χ4v) is 3.51. The molecule has 0 aliphatic rings. The molecule has 2 N–H and O–H groups in total. The molecule has 0 aromatic carbocycles. The first-order valence-electron chi connectivity index (χ1n) is 9.38. The van der Waals surface area contributed by atoms with Crippen molar-refractivity contribution in [2.45, 2.75) is 0 Å². The quantitative estimate of drug-likeness (QED) is 0.472. The number of aromatic amines is 2. The van der Waals surface area contributed by atoms with Crippen LogP contribution >= 0.6 is 0 Å². The Kier molecular flexibility index (Phi) is 3.60. The van der Waals surface area contributed by atoms with Crippen molar-refractivity contribution in [1.29, 1.82) is 0 Å². The van der Waals surface area contributed by atoms with Crippen LogP contribution in [-0.2, 0) is 0 Å². The van der Waals surface area contributed by atoms with Gasteiger partial charge in [-0.15, -0.1) is 0 Å². The van der Waals surface area contributed by atoms with E-state index in [1.165, 1.54) is 0 Å². The molecule has 0 radical (unpaired) electrons. The van der Waals surface area contributed by atoms with E-state index < -0.39 is 0 Å². The fourth-order valence-electron chi connectivity index (χ4n) is 3.51. The molecule has 0 aliphatic carbocycles. The Morgan fingerprint density at radius 2 is 1.63 bits per heavy atom. The highest BCUT2D eigenvalue weighted by atomic mass is 15.2. The van der Waals surface area contributed by atoms with Crippen molar-refractivity contribution in [2.24, 2.45) is 0 Å². The number of nitrogens with zero attached hydrogens (tertiary/aromatic N) is 6. The number of fused-ring (bicyclic) bond motifs is 2. The van der Waals surface area contributed by atoms with Gasteiger partial charge in [-0.25, -0.2) is 9.97 Å². The monoisotopic (exact) mass is 390 g/mol. The van der Waals surface area contributed by atoms with Crippen LogP contribution in [0.25, 0.3) is 56.1 Å². The Balaban J connectivity index is 1.52. The molecule has 0 atom stereocenters. The van der Waals surface area contributed by atoms with E-state index in [1.807, 2.05) is 48.7 Å². The van der Waals surface area contributed by atoms with Crippen molar-refractivity contribution < 1.29 is 0 Å². The molecular weight excluding hydrogens is 376 g/mol. The smallest absolute Gasteiger partial charge is 0.161 e. The largest absolute Gasteiger partial charge is 0.335 e. The van der Waals surface area contributed by atoms with E-state index in [0.29, 0.717) is 11.5 Å². The number of nitrogens with one attached hydrogen (secondary N) is 2. The summed E-state index contributed by atoms with van der Waals surface area (Å²) in [7, 11) is 0. The molecule has 0 amide bonds. The first-order chi connectivity index (χ1) is 14.9. The number of hydrogen-bond acceptors (Lipinski definition) is 6. The van der Waals surface area contributed by atoms with Gasteiger partial charge in [-0.1, -0.05) is 6.07 Å². The van der Waals surface area contributed by atoms with Gasteiger partial charge in [-0.05, 0) is 42.0 Å². The van der Waals surface area contributed by atoms with E-state index >= 15 is 0 Å². The summed E-state index contributed by atoms with van der Waals surface area (Å²) in [6.45, 7) is 0. The summed E-state index contributed by atoms with van der Waals surface area (Å²) in [4.78, 5) is 25.8. The molecule has 0 fully saturated rings. The molecule has 0 spiro atoms. The van der Waals surface area contributed by atoms with E-state index in [4.69, 9.17) is 9.97 Å². The lowest BCUT2D eigenvalue weighted by Gasteiger charge is -2.00. The number of imidazole rings is 1. The molecule has 6 rings (SSSR count). The minimum atomic E-state index is 0.630. The summed E-state index contributed by atoms with van der Waals surface area (Å²) in [6, 6.07) is 13.5. The molecule has 6 heterocycles. The topological polar surface area (TPSA) is 109 Å². The molecule has 0 bridgehead atoms. The standard InChI is InChI=1S/C22H14N8/c1-2-8-25-15(3-1)16-4-5-17-20(26-16)21(30-29-17)22-27-18-12-24-11-14(19(18)28-22)13-6-9-23-10-7-13/h1-12H,(H,27,28)(H,29,30). The summed E-state index contributed by atoms with van der Waals surface area (Å²) in [5.74, 6) is 0.630. The zero-order valence-corrected chi connectivity index (χ0v) is 15.6. The third-order valence-electron chi connectivity index (χ3n) is 4.94. The van der Waals surface area contributed by atoms with Gasteiger partial charge in [-0.3, -0.25) is 20.1 Å². The average Bonchev–Trinajstić information content (AvgIpc) is 3.43. The van der Waals surface area contributed by atoms with Crippen molar-refractivity contribution in [3.63, 3.8) is 0 Å². The van der Waals surface area contributed by atoms with E-state index in [9.17, 15) is 0 Å². The predicted molar refractivity (Wildman–Crippen MR) is 113 cm³/mol. The summed E-state index contributed by atoms with van der Waals surface area (Å²) < 4.78 is 0. The van der Waals surface area contributed by atoms with Gasteiger partial charge < -0.3 is 4.98 Å². The molecule has 6 aromatic rings. The molecule has 0 aliphatic heterocycles. The van der Waals surface area contributed by atoms with Crippen molar-refractivity contribution >= 4 is 22.1 Å². The molecule has 8 nitrogen and oxygen atoms in total. The second-order valence-electron chi connectivity index (χ2n) is 6.78. The van der Waals surface area contributed by atoms with Gasteiger partial charge in [0.15, 0.2) is 11.5 Å². The summed E-state index contributed by atoms with van der Waals surface area (Å²) in [6.07, 6.45) is 8.84. The summed E-state index contributed by atoms with van der Waals surface area (Å²) in [5.41, 5.74) is 7.39. The Bertz CT molecular complexity index is 1490. The van der Waals surface area contributed by atoms with Gasteiger partial charge in [0.25, 0.3) is 0 Å². The van der Waals surface area contributed by atoms with Crippen LogP contribution in [0.1, 0.15) is 0 Å². The van der Waals surface area contributed by atoms with E-state index in [2.05, 4.69) is 30.1 Å². The minimum absolute atomic E-state index is 0.630. The Morgan fingerprint density at radius 1 is 0.700 bits per heavy atom. The Labute approximate surface area is 170 Å². The first-order valence-corrected chi connectivity index (χ1v) is 9.38. The lowest BCUT2D eigenvalue weighted by atomic mass is 10.1. The lowest BCUT2D eigenvalue weighted by molar-refractivity contribution is 1.10. The van der Waals surface area contributed by atoms with Crippen LogP contribution in [0.3, 0.4) is 0 Å². The normalized spacial score (nSPS) is 11.3. The zero-order valence-electron chi connectivity index (χ0n) is 15.6. The molecule has 0 saturated heterocycles. The third kappa shape index (κ3) is 2.62.